The van der Waals surface area contributed by atoms with Gasteiger partial charge in [0.15, 0.2) is 0 Å². The van der Waals surface area contributed by atoms with Crippen molar-refractivity contribution < 1.29 is 14.3 Å². The number of fused-ring (bicyclic) bond motifs is 1. The van der Waals surface area contributed by atoms with Crippen LogP contribution in [0.2, 0.25) is 0 Å². The zero-order valence-electron chi connectivity index (χ0n) is 15.4. The van der Waals surface area contributed by atoms with Crippen LogP contribution in [0.5, 0.6) is 5.75 Å². The molecule has 0 bridgehead atoms. The molecule has 0 saturated carbocycles. The first-order valence-electron chi connectivity index (χ1n) is 9.42. The minimum Gasteiger partial charge on any atom is -0.426 e. The smallest absolute Gasteiger partial charge is 0.312 e. The largest absolute Gasteiger partial charge is 0.426 e. The Labute approximate surface area is 164 Å². The van der Waals surface area contributed by atoms with Crippen LogP contribution in [0.25, 0.3) is 0 Å². The normalized spacial score (nSPS) is 13.0. The van der Waals surface area contributed by atoms with E-state index < -0.39 is 0 Å². The fourth-order valence-corrected chi connectivity index (χ4v) is 3.56. The average Bonchev–Trinajstić information content (AvgIpc) is 2.73. The van der Waals surface area contributed by atoms with E-state index in [1.54, 1.807) is 12.1 Å². The van der Waals surface area contributed by atoms with Gasteiger partial charge in [-0.2, -0.15) is 0 Å². The Bertz CT molecular complexity index is 944. The highest BCUT2D eigenvalue weighted by Gasteiger charge is 2.20. The summed E-state index contributed by atoms with van der Waals surface area (Å²) in [4.78, 5) is 24.2. The fraction of sp³-hybridized carbons (Fsp3) is 0.167. The highest BCUT2D eigenvalue weighted by Crippen LogP contribution is 2.30. The number of rotatable bonds is 5. The van der Waals surface area contributed by atoms with E-state index in [2.05, 4.69) is 5.32 Å². The lowest BCUT2D eigenvalue weighted by molar-refractivity contribution is -0.134. The summed E-state index contributed by atoms with van der Waals surface area (Å²) >= 11 is 0. The molecule has 0 radical (unpaired) electrons. The van der Waals surface area contributed by atoms with E-state index >= 15 is 0 Å². The van der Waals surface area contributed by atoms with Gasteiger partial charge >= 0.3 is 5.97 Å². The van der Waals surface area contributed by atoms with Crippen molar-refractivity contribution in [3.8, 4) is 5.75 Å². The molecule has 0 atom stereocenters. The second-order valence-corrected chi connectivity index (χ2v) is 6.92. The van der Waals surface area contributed by atoms with Crippen molar-refractivity contribution in [3.05, 3.63) is 95.6 Å². The van der Waals surface area contributed by atoms with Crippen LogP contribution in [0, 0.1) is 0 Å². The topological polar surface area (TPSA) is 55.4 Å². The fourth-order valence-electron chi connectivity index (χ4n) is 3.56. The van der Waals surface area contributed by atoms with Crippen LogP contribution in [-0.4, -0.2) is 11.9 Å². The van der Waals surface area contributed by atoms with Crippen molar-refractivity contribution in [1.82, 2.24) is 0 Å². The summed E-state index contributed by atoms with van der Waals surface area (Å²) in [5.41, 5.74) is 3.95. The summed E-state index contributed by atoms with van der Waals surface area (Å²) in [5.74, 6) is 0.190. The molecule has 0 aromatic heterocycles. The Hall–Kier alpha value is -3.40. The number of benzene rings is 3. The van der Waals surface area contributed by atoms with Crippen molar-refractivity contribution in [2.75, 3.05) is 5.32 Å². The molecule has 4 rings (SSSR count). The zero-order chi connectivity index (χ0) is 19.3. The average molecular weight is 371 g/mol. The van der Waals surface area contributed by atoms with Gasteiger partial charge in [0.2, 0.25) is 5.91 Å². The summed E-state index contributed by atoms with van der Waals surface area (Å²) in [6.45, 7) is 0. The molecular formula is C24H21NO3. The molecule has 4 nitrogen and oxygen atoms in total. The Morgan fingerprint density at radius 1 is 0.893 bits per heavy atom. The van der Waals surface area contributed by atoms with Crippen LogP contribution in [0.3, 0.4) is 0 Å². The molecule has 140 valence electrons. The summed E-state index contributed by atoms with van der Waals surface area (Å²) in [5, 5.41) is 2.84. The van der Waals surface area contributed by atoms with Gasteiger partial charge in [0, 0.05) is 18.0 Å². The second-order valence-electron chi connectivity index (χ2n) is 6.92. The van der Waals surface area contributed by atoms with Crippen LogP contribution in [0.1, 0.15) is 35.4 Å². The molecule has 28 heavy (non-hydrogen) atoms. The van der Waals surface area contributed by atoms with Crippen LogP contribution in [-0.2, 0) is 16.0 Å². The lowest BCUT2D eigenvalue weighted by atomic mass is 9.88. The van der Waals surface area contributed by atoms with Gasteiger partial charge in [0.1, 0.15) is 5.75 Å². The second kappa shape index (κ2) is 8.09. The first-order chi connectivity index (χ1) is 13.7. The SMILES string of the molecule is O=C1CCc2cc(OC(=O)CC(c3ccccc3)c3ccccc3)ccc2N1. The number of esters is 1. The first-order valence-corrected chi connectivity index (χ1v) is 9.42. The van der Waals surface area contributed by atoms with E-state index in [0.717, 1.165) is 22.4 Å². The summed E-state index contributed by atoms with van der Waals surface area (Å²) < 4.78 is 5.63. The van der Waals surface area contributed by atoms with Gasteiger partial charge in [-0.15, -0.1) is 0 Å². The van der Waals surface area contributed by atoms with Gasteiger partial charge in [-0.05, 0) is 41.3 Å². The molecule has 0 spiro atoms. The Balaban J connectivity index is 1.52. The van der Waals surface area contributed by atoms with Crippen LogP contribution in [0.4, 0.5) is 5.69 Å². The van der Waals surface area contributed by atoms with Crippen LogP contribution >= 0.6 is 0 Å². The van der Waals surface area contributed by atoms with Gasteiger partial charge in [0.25, 0.3) is 0 Å². The van der Waals surface area contributed by atoms with E-state index in [1.807, 2.05) is 66.7 Å². The third kappa shape index (κ3) is 4.12. The number of carbonyl (C=O) groups is 2. The Morgan fingerprint density at radius 2 is 1.54 bits per heavy atom. The minimum absolute atomic E-state index is 0.0193. The highest BCUT2D eigenvalue weighted by molar-refractivity contribution is 5.94. The molecule has 1 aliphatic rings. The lowest BCUT2D eigenvalue weighted by Gasteiger charge is -2.19. The highest BCUT2D eigenvalue weighted by atomic mass is 16.5. The van der Waals surface area contributed by atoms with Gasteiger partial charge < -0.3 is 10.1 Å². The Kier molecular flexibility index (Phi) is 5.20. The molecule has 0 fully saturated rings. The molecule has 3 aromatic rings. The number of nitrogens with one attached hydrogen (secondary N) is 1. The molecule has 1 heterocycles. The van der Waals surface area contributed by atoms with Crippen molar-refractivity contribution >= 4 is 17.6 Å². The number of amides is 1. The number of hydrogen-bond acceptors (Lipinski definition) is 3. The van der Waals surface area contributed by atoms with Crippen molar-refractivity contribution in [2.45, 2.75) is 25.2 Å². The van der Waals surface area contributed by atoms with Crippen molar-refractivity contribution in [2.24, 2.45) is 0 Å². The standard InChI is InChI=1S/C24H21NO3/c26-23-14-11-19-15-20(12-13-22(19)25-23)28-24(27)16-21(17-7-3-1-4-8-17)18-9-5-2-6-10-18/h1-10,12-13,15,21H,11,14,16H2,(H,25,26). The third-order valence-corrected chi connectivity index (χ3v) is 4.98. The van der Waals surface area contributed by atoms with Gasteiger partial charge in [-0.1, -0.05) is 60.7 Å². The summed E-state index contributed by atoms with van der Waals surface area (Å²) in [6.07, 6.45) is 1.36. The van der Waals surface area contributed by atoms with Gasteiger partial charge in [-0.25, -0.2) is 0 Å². The summed E-state index contributed by atoms with van der Waals surface area (Å²) in [7, 11) is 0. The van der Waals surface area contributed by atoms with E-state index in [1.165, 1.54) is 0 Å². The molecule has 0 saturated heterocycles. The van der Waals surface area contributed by atoms with Crippen LogP contribution in [0.15, 0.2) is 78.9 Å². The number of anilines is 1. The van der Waals surface area contributed by atoms with E-state index in [4.69, 9.17) is 4.74 Å². The summed E-state index contributed by atoms with van der Waals surface area (Å²) in [6, 6.07) is 25.4. The molecule has 4 heteroatoms. The quantitative estimate of drug-likeness (QED) is 0.522. The molecule has 0 unspecified atom stereocenters. The van der Waals surface area contributed by atoms with E-state index in [-0.39, 0.29) is 24.2 Å². The maximum absolute atomic E-state index is 12.7. The van der Waals surface area contributed by atoms with Crippen molar-refractivity contribution in [1.29, 1.82) is 0 Å². The molecule has 1 N–H and O–H groups in total. The number of hydrogen-bond donors (Lipinski definition) is 1. The Morgan fingerprint density at radius 3 is 2.18 bits per heavy atom. The minimum atomic E-state index is -0.280. The molecule has 1 amide bonds. The predicted octanol–water partition coefficient (Wildman–Crippen LogP) is 4.70. The molecule has 3 aromatic carbocycles. The van der Waals surface area contributed by atoms with Gasteiger partial charge in [0.05, 0.1) is 6.42 Å². The monoisotopic (exact) mass is 371 g/mol. The van der Waals surface area contributed by atoms with Crippen LogP contribution < -0.4 is 10.1 Å². The predicted molar refractivity (Wildman–Crippen MR) is 108 cm³/mol. The van der Waals surface area contributed by atoms with E-state index in [9.17, 15) is 9.59 Å². The number of aryl methyl sites for hydroxylation is 1. The number of ether oxygens (including phenoxy) is 1. The maximum atomic E-state index is 12.7. The molecule has 1 aliphatic heterocycles. The molecule has 0 aliphatic carbocycles. The third-order valence-electron chi connectivity index (χ3n) is 4.98. The maximum Gasteiger partial charge on any atom is 0.312 e. The molecular weight excluding hydrogens is 350 g/mol. The lowest BCUT2D eigenvalue weighted by Crippen LogP contribution is -2.19. The van der Waals surface area contributed by atoms with Gasteiger partial charge in [-0.3, -0.25) is 9.59 Å². The number of carbonyl (C=O) groups excluding carboxylic acids is 2. The van der Waals surface area contributed by atoms with Crippen molar-refractivity contribution in [3.63, 3.8) is 0 Å². The zero-order valence-corrected chi connectivity index (χ0v) is 15.4. The van der Waals surface area contributed by atoms with E-state index in [0.29, 0.717) is 18.6 Å². The first kappa shape index (κ1) is 18.0.